The summed E-state index contributed by atoms with van der Waals surface area (Å²) in [5.74, 6) is 6.34. The van der Waals surface area contributed by atoms with Crippen LogP contribution in [0.25, 0.3) is 0 Å². The van der Waals surface area contributed by atoms with E-state index in [1.54, 1.807) is 0 Å². The van der Waals surface area contributed by atoms with Crippen LogP contribution in [0, 0.1) is 5.92 Å². The first-order valence-corrected chi connectivity index (χ1v) is 6.55. The molecule has 94 valence electrons. The standard InChI is InChI=1S/C12H24N2O2/c13-14-12(10-5-8-15-9-6-10)4-3-11-2-1-7-16-11/h10-12,14H,1-9,13H2. The lowest BCUT2D eigenvalue weighted by atomic mass is 9.88. The summed E-state index contributed by atoms with van der Waals surface area (Å²) in [4.78, 5) is 0. The van der Waals surface area contributed by atoms with E-state index in [2.05, 4.69) is 5.43 Å². The van der Waals surface area contributed by atoms with Gasteiger partial charge in [-0.2, -0.15) is 0 Å². The molecule has 0 bridgehead atoms. The highest BCUT2D eigenvalue weighted by Gasteiger charge is 2.24. The van der Waals surface area contributed by atoms with Crippen molar-refractivity contribution in [3.05, 3.63) is 0 Å². The topological polar surface area (TPSA) is 56.5 Å². The molecular weight excluding hydrogens is 204 g/mol. The van der Waals surface area contributed by atoms with Gasteiger partial charge in [0.25, 0.3) is 0 Å². The molecule has 2 aliphatic rings. The Labute approximate surface area is 97.8 Å². The molecule has 2 rings (SSSR count). The molecule has 16 heavy (non-hydrogen) atoms. The van der Waals surface area contributed by atoms with E-state index in [1.807, 2.05) is 0 Å². The lowest BCUT2D eigenvalue weighted by Crippen LogP contribution is -2.43. The van der Waals surface area contributed by atoms with Gasteiger partial charge in [-0.15, -0.1) is 0 Å². The number of nitrogens with two attached hydrogens (primary N) is 1. The molecule has 3 N–H and O–H groups in total. The van der Waals surface area contributed by atoms with Crippen LogP contribution in [-0.2, 0) is 9.47 Å². The minimum atomic E-state index is 0.438. The zero-order valence-corrected chi connectivity index (χ0v) is 9.99. The van der Waals surface area contributed by atoms with Crippen LogP contribution in [-0.4, -0.2) is 32.0 Å². The monoisotopic (exact) mass is 228 g/mol. The summed E-state index contributed by atoms with van der Waals surface area (Å²) in [6.45, 7) is 2.73. The Morgan fingerprint density at radius 3 is 2.62 bits per heavy atom. The lowest BCUT2D eigenvalue weighted by molar-refractivity contribution is 0.0475. The maximum atomic E-state index is 5.66. The molecule has 0 amide bonds. The van der Waals surface area contributed by atoms with Gasteiger partial charge in [0.05, 0.1) is 6.10 Å². The highest BCUT2D eigenvalue weighted by molar-refractivity contribution is 4.78. The predicted molar refractivity (Wildman–Crippen MR) is 62.9 cm³/mol. The molecule has 0 saturated carbocycles. The van der Waals surface area contributed by atoms with Gasteiger partial charge in [0.15, 0.2) is 0 Å². The van der Waals surface area contributed by atoms with Crippen LogP contribution in [0.4, 0.5) is 0 Å². The molecule has 0 aliphatic carbocycles. The third-order valence-corrected chi connectivity index (χ3v) is 3.87. The summed E-state index contributed by atoms with van der Waals surface area (Å²) in [6, 6.07) is 0.438. The fourth-order valence-corrected chi connectivity index (χ4v) is 2.81. The van der Waals surface area contributed by atoms with Crippen LogP contribution >= 0.6 is 0 Å². The minimum absolute atomic E-state index is 0.438. The summed E-state index contributed by atoms with van der Waals surface area (Å²) in [5.41, 5.74) is 2.98. The third kappa shape index (κ3) is 3.42. The van der Waals surface area contributed by atoms with Gasteiger partial charge in [0.1, 0.15) is 0 Å². The second-order valence-electron chi connectivity index (χ2n) is 4.94. The highest BCUT2D eigenvalue weighted by Crippen LogP contribution is 2.24. The molecule has 2 saturated heterocycles. The van der Waals surface area contributed by atoms with E-state index in [-0.39, 0.29) is 0 Å². The summed E-state index contributed by atoms with van der Waals surface area (Å²) in [6.07, 6.45) is 7.49. The van der Waals surface area contributed by atoms with E-state index in [4.69, 9.17) is 15.3 Å². The van der Waals surface area contributed by atoms with Gasteiger partial charge in [-0.25, -0.2) is 0 Å². The van der Waals surface area contributed by atoms with E-state index >= 15 is 0 Å². The van der Waals surface area contributed by atoms with Gasteiger partial charge in [-0.05, 0) is 44.4 Å². The van der Waals surface area contributed by atoms with Gasteiger partial charge in [0.2, 0.25) is 0 Å². The first kappa shape index (κ1) is 12.3. The second kappa shape index (κ2) is 6.55. The molecule has 0 radical (unpaired) electrons. The summed E-state index contributed by atoms with van der Waals surface area (Å²) in [7, 11) is 0. The van der Waals surface area contributed by atoms with E-state index < -0.39 is 0 Å². The maximum absolute atomic E-state index is 5.66. The molecule has 2 atom stereocenters. The molecule has 2 aliphatic heterocycles. The second-order valence-corrected chi connectivity index (χ2v) is 4.94. The zero-order valence-electron chi connectivity index (χ0n) is 9.99. The highest BCUT2D eigenvalue weighted by atomic mass is 16.5. The van der Waals surface area contributed by atoms with Gasteiger partial charge in [0, 0.05) is 25.9 Å². The first-order valence-electron chi connectivity index (χ1n) is 6.55. The quantitative estimate of drug-likeness (QED) is 0.548. The van der Waals surface area contributed by atoms with Crippen molar-refractivity contribution in [2.75, 3.05) is 19.8 Å². The smallest absolute Gasteiger partial charge is 0.0576 e. The SMILES string of the molecule is NNC(CCC1CCCO1)C1CCOCC1. The van der Waals surface area contributed by atoms with Crippen molar-refractivity contribution < 1.29 is 9.47 Å². The number of nitrogens with one attached hydrogen (secondary N) is 1. The average molecular weight is 228 g/mol. The molecule has 2 fully saturated rings. The van der Waals surface area contributed by atoms with E-state index in [0.29, 0.717) is 18.1 Å². The Hall–Kier alpha value is -0.160. The minimum Gasteiger partial charge on any atom is -0.381 e. The first-order chi connectivity index (χ1) is 7.90. The lowest BCUT2D eigenvalue weighted by Gasteiger charge is -2.30. The van der Waals surface area contributed by atoms with E-state index in [9.17, 15) is 0 Å². The largest absolute Gasteiger partial charge is 0.381 e. The molecule has 2 heterocycles. The Kier molecular flexibility index (Phi) is 5.03. The van der Waals surface area contributed by atoms with Crippen LogP contribution < -0.4 is 11.3 Å². The molecule has 4 nitrogen and oxygen atoms in total. The fourth-order valence-electron chi connectivity index (χ4n) is 2.81. The summed E-state index contributed by atoms with van der Waals surface area (Å²) in [5, 5.41) is 0. The number of rotatable bonds is 5. The summed E-state index contributed by atoms with van der Waals surface area (Å²) >= 11 is 0. The Morgan fingerprint density at radius 1 is 1.19 bits per heavy atom. The van der Waals surface area contributed by atoms with Crippen LogP contribution in [0.1, 0.15) is 38.5 Å². The number of ether oxygens (including phenoxy) is 2. The maximum Gasteiger partial charge on any atom is 0.0576 e. The van der Waals surface area contributed by atoms with E-state index in [0.717, 1.165) is 45.5 Å². The molecule has 0 aromatic rings. The molecular formula is C12H24N2O2. The zero-order chi connectivity index (χ0) is 11.2. The molecule has 2 unspecified atom stereocenters. The van der Waals surface area contributed by atoms with Crippen molar-refractivity contribution in [3.63, 3.8) is 0 Å². The van der Waals surface area contributed by atoms with Gasteiger partial charge >= 0.3 is 0 Å². The molecule has 0 aromatic carbocycles. The van der Waals surface area contributed by atoms with Crippen molar-refractivity contribution in [2.24, 2.45) is 11.8 Å². The molecule has 0 aromatic heterocycles. The van der Waals surface area contributed by atoms with Crippen LogP contribution in [0.15, 0.2) is 0 Å². The summed E-state index contributed by atoms with van der Waals surface area (Å²) < 4.78 is 11.0. The number of hydrogen-bond donors (Lipinski definition) is 2. The average Bonchev–Trinajstić information content (AvgIpc) is 2.84. The van der Waals surface area contributed by atoms with Gasteiger partial charge in [-0.3, -0.25) is 11.3 Å². The Bertz CT molecular complexity index is 189. The van der Waals surface area contributed by atoms with E-state index in [1.165, 1.54) is 12.8 Å². The fraction of sp³-hybridized carbons (Fsp3) is 1.00. The molecule has 4 heteroatoms. The normalized spacial score (nSPS) is 29.4. The van der Waals surface area contributed by atoms with Gasteiger partial charge < -0.3 is 9.47 Å². The van der Waals surface area contributed by atoms with Crippen molar-refractivity contribution in [1.82, 2.24) is 5.43 Å². The Morgan fingerprint density at radius 2 is 2.00 bits per heavy atom. The molecule has 0 spiro atoms. The van der Waals surface area contributed by atoms with Crippen molar-refractivity contribution in [3.8, 4) is 0 Å². The van der Waals surface area contributed by atoms with Crippen molar-refractivity contribution in [1.29, 1.82) is 0 Å². The van der Waals surface area contributed by atoms with Crippen molar-refractivity contribution >= 4 is 0 Å². The number of hydrazine groups is 1. The van der Waals surface area contributed by atoms with Crippen molar-refractivity contribution in [2.45, 2.75) is 50.7 Å². The van der Waals surface area contributed by atoms with Crippen LogP contribution in [0.2, 0.25) is 0 Å². The predicted octanol–water partition coefficient (Wildman–Crippen LogP) is 1.20. The van der Waals surface area contributed by atoms with Gasteiger partial charge in [-0.1, -0.05) is 0 Å². The van der Waals surface area contributed by atoms with Crippen LogP contribution in [0.5, 0.6) is 0 Å². The Balaban J connectivity index is 1.70. The third-order valence-electron chi connectivity index (χ3n) is 3.87. The number of hydrogen-bond acceptors (Lipinski definition) is 4. The van der Waals surface area contributed by atoms with Crippen LogP contribution in [0.3, 0.4) is 0 Å².